The summed E-state index contributed by atoms with van der Waals surface area (Å²) < 4.78 is 1.23. The number of rotatable bonds is 1. The van der Waals surface area contributed by atoms with Crippen molar-refractivity contribution in [1.82, 2.24) is 4.98 Å². The van der Waals surface area contributed by atoms with E-state index in [1.54, 1.807) is 22.7 Å². The summed E-state index contributed by atoms with van der Waals surface area (Å²) in [6.07, 6.45) is 0. The van der Waals surface area contributed by atoms with E-state index in [-0.39, 0.29) is 0 Å². The second kappa shape index (κ2) is 3.57. The highest BCUT2D eigenvalue weighted by Crippen LogP contribution is 2.37. The number of nitrogen functional groups attached to an aromatic ring is 1. The topological polar surface area (TPSA) is 38.9 Å². The smallest absolute Gasteiger partial charge is 0.134 e. The zero-order chi connectivity index (χ0) is 11.1. The summed E-state index contributed by atoms with van der Waals surface area (Å²) in [7, 11) is 0. The van der Waals surface area contributed by atoms with Gasteiger partial charge in [-0.3, -0.25) is 0 Å². The highest BCUT2D eigenvalue weighted by molar-refractivity contribution is 7.26. The van der Waals surface area contributed by atoms with Gasteiger partial charge in [0.2, 0.25) is 0 Å². The number of para-hydroxylation sites is 1. The van der Waals surface area contributed by atoms with Crippen molar-refractivity contribution >= 4 is 37.9 Å². The summed E-state index contributed by atoms with van der Waals surface area (Å²) in [5, 5.41) is 1.92. The third kappa shape index (κ3) is 1.50. The minimum absolute atomic E-state index is 0.853. The summed E-state index contributed by atoms with van der Waals surface area (Å²) in [6.45, 7) is 2.08. The van der Waals surface area contributed by atoms with Crippen molar-refractivity contribution in [3.8, 4) is 9.88 Å². The molecule has 4 heteroatoms. The Morgan fingerprint density at radius 2 is 2.00 bits per heavy atom. The molecule has 16 heavy (non-hydrogen) atoms. The average Bonchev–Trinajstić information content (AvgIpc) is 2.81. The van der Waals surface area contributed by atoms with Crippen molar-refractivity contribution in [2.45, 2.75) is 6.92 Å². The third-order valence-corrected chi connectivity index (χ3v) is 4.68. The van der Waals surface area contributed by atoms with Gasteiger partial charge in [-0.1, -0.05) is 12.1 Å². The van der Waals surface area contributed by atoms with Crippen LogP contribution in [0.3, 0.4) is 0 Å². The molecule has 0 spiro atoms. The van der Waals surface area contributed by atoms with Gasteiger partial charge in [0.05, 0.1) is 20.1 Å². The van der Waals surface area contributed by atoms with Gasteiger partial charge in [-0.05, 0) is 30.7 Å². The maximum absolute atomic E-state index is 5.81. The molecule has 3 aromatic rings. The molecule has 0 saturated heterocycles. The zero-order valence-electron chi connectivity index (χ0n) is 8.73. The molecule has 0 aliphatic rings. The number of hydrogen-bond acceptors (Lipinski definition) is 4. The average molecular weight is 246 g/mol. The molecule has 0 saturated carbocycles. The molecule has 0 unspecified atom stereocenters. The molecule has 0 fully saturated rings. The van der Waals surface area contributed by atoms with Gasteiger partial charge in [0.25, 0.3) is 0 Å². The quantitative estimate of drug-likeness (QED) is 0.707. The van der Waals surface area contributed by atoms with Crippen LogP contribution in [0.5, 0.6) is 0 Å². The second-order valence-electron chi connectivity index (χ2n) is 3.65. The predicted octanol–water partition coefficient (Wildman–Crippen LogP) is 3.92. The monoisotopic (exact) mass is 246 g/mol. The van der Waals surface area contributed by atoms with Crippen LogP contribution in [0.4, 0.5) is 5.00 Å². The number of aromatic nitrogens is 1. The van der Waals surface area contributed by atoms with E-state index in [0.717, 1.165) is 15.5 Å². The Hall–Kier alpha value is -1.39. The van der Waals surface area contributed by atoms with Crippen LogP contribution in [0, 0.1) is 6.92 Å². The van der Waals surface area contributed by atoms with Crippen LogP contribution in [-0.2, 0) is 0 Å². The van der Waals surface area contributed by atoms with E-state index < -0.39 is 0 Å². The Labute approximate surface area is 101 Å². The van der Waals surface area contributed by atoms with Gasteiger partial charge in [0, 0.05) is 0 Å². The van der Waals surface area contributed by atoms with Gasteiger partial charge in [0.15, 0.2) is 0 Å². The minimum Gasteiger partial charge on any atom is -0.391 e. The molecule has 0 radical (unpaired) electrons. The summed E-state index contributed by atoms with van der Waals surface area (Å²) >= 11 is 3.33. The summed E-state index contributed by atoms with van der Waals surface area (Å²) in [5.41, 5.74) is 8.08. The molecular weight excluding hydrogens is 236 g/mol. The van der Waals surface area contributed by atoms with Crippen LogP contribution in [-0.4, -0.2) is 4.98 Å². The van der Waals surface area contributed by atoms with Crippen molar-refractivity contribution in [2.75, 3.05) is 5.73 Å². The van der Waals surface area contributed by atoms with E-state index in [0.29, 0.717) is 0 Å². The van der Waals surface area contributed by atoms with Crippen molar-refractivity contribution in [2.24, 2.45) is 0 Å². The molecule has 2 N–H and O–H groups in total. The van der Waals surface area contributed by atoms with Gasteiger partial charge >= 0.3 is 0 Å². The Bertz CT molecular complexity index is 619. The van der Waals surface area contributed by atoms with Crippen LogP contribution in [0.1, 0.15) is 5.56 Å². The molecule has 3 rings (SSSR count). The lowest BCUT2D eigenvalue weighted by Gasteiger charge is -1.90. The fourth-order valence-corrected chi connectivity index (χ4v) is 3.73. The Balaban J connectivity index is 2.22. The molecule has 0 amide bonds. The Morgan fingerprint density at radius 3 is 2.69 bits per heavy atom. The van der Waals surface area contributed by atoms with Crippen molar-refractivity contribution in [3.05, 3.63) is 35.9 Å². The number of anilines is 1. The Kier molecular flexibility index (Phi) is 2.19. The standard InChI is InChI=1S/C12H10N2S2/c1-7-6-10(13)16-11(7)12-14-8-4-2-3-5-9(8)15-12/h2-6H,13H2,1H3. The maximum atomic E-state index is 5.81. The predicted molar refractivity (Wildman–Crippen MR) is 72.1 cm³/mol. The highest BCUT2D eigenvalue weighted by Gasteiger charge is 2.11. The zero-order valence-corrected chi connectivity index (χ0v) is 10.4. The molecular formula is C12H10N2S2. The fourth-order valence-electron chi connectivity index (χ4n) is 1.69. The molecule has 0 atom stereocenters. The first-order chi connectivity index (χ1) is 7.74. The first-order valence-corrected chi connectivity index (χ1v) is 6.59. The lowest BCUT2D eigenvalue weighted by Crippen LogP contribution is -1.73. The van der Waals surface area contributed by atoms with Crippen LogP contribution in [0.25, 0.3) is 20.1 Å². The van der Waals surface area contributed by atoms with Gasteiger partial charge in [-0.25, -0.2) is 4.98 Å². The number of nitrogens with two attached hydrogens (primary N) is 1. The highest BCUT2D eigenvalue weighted by atomic mass is 32.1. The SMILES string of the molecule is Cc1cc(N)sc1-c1nc2ccccc2s1. The number of nitrogens with zero attached hydrogens (tertiary/aromatic N) is 1. The van der Waals surface area contributed by atoms with Crippen LogP contribution in [0.15, 0.2) is 30.3 Å². The number of thiazole rings is 1. The number of hydrogen-bond donors (Lipinski definition) is 1. The van der Waals surface area contributed by atoms with Crippen LogP contribution < -0.4 is 5.73 Å². The van der Waals surface area contributed by atoms with Crippen LogP contribution >= 0.6 is 22.7 Å². The fraction of sp³-hybridized carbons (Fsp3) is 0.0833. The maximum Gasteiger partial charge on any atom is 0.134 e. The lowest BCUT2D eigenvalue weighted by atomic mass is 10.3. The van der Waals surface area contributed by atoms with Crippen LogP contribution in [0.2, 0.25) is 0 Å². The van der Waals surface area contributed by atoms with Crippen molar-refractivity contribution in [3.63, 3.8) is 0 Å². The molecule has 2 aromatic heterocycles. The summed E-state index contributed by atoms with van der Waals surface area (Å²) in [5.74, 6) is 0. The number of benzene rings is 1. The van der Waals surface area contributed by atoms with E-state index in [1.165, 1.54) is 15.1 Å². The first-order valence-electron chi connectivity index (χ1n) is 4.96. The molecule has 0 bridgehead atoms. The second-order valence-corrected chi connectivity index (χ2v) is 5.76. The van der Waals surface area contributed by atoms with E-state index in [4.69, 9.17) is 5.73 Å². The number of thiophene rings is 1. The molecule has 0 aliphatic heterocycles. The Morgan fingerprint density at radius 1 is 1.19 bits per heavy atom. The van der Waals surface area contributed by atoms with E-state index >= 15 is 0 Å². The molecule has 2 nitrogen and oxygen atoms in total. The van der Waals surface area contributed by atoms with E-state index in [9.17, 15) is 0 Å². The van der Waals surface area contributed by atoms with E-state index in [2.05, 4.69) is 18.0 Å². The van der Waals surface area contributed by atoms with Gasteiger partial charge in [0.1, 0.15) is 5.01 Å². The number of fused-ring (bicyclic) bond motifs is 1. The minimum atomic E-state index is 0.853. The van der Waals surface area contributed by atoms with Crippen molar-refractivity contribution < 1.29 is 0 Å². The van der Waals surface area contributed by atoms with Gasteiger partial charge in [-0.2, -0.15) is 0 Å². The lowest BCUT2D eigenvalue weighted by molar-refractivity contribution is 1.46. The first kappa shape index (κ1) is 9.81. The van der Waals surface area contributed by atoms with Gasteiger partial charge in [-0.15, -0.1) is 22.7 Å². The molecule has 1 aromatic carbocycles. The van der Waals surface area contributed by atoms with Crippen molar-refractivity contribution in [1.29, 1.82) is 0 Å². The summed E-state index contributed by atoms with van der Waals surface area (Å²) in [4.78, 5) is 5.82. The normalized spacial score (nSPS) is 11.1. The molecule has 2 heterocycles. The molecule has 0 aliphatic carbocycles. The van der Waals surface area contributed by atoms with Gasteiger partial charge < -0.3 is 5.73 Å². The molecule has 80 valence electrons. The summed E-state index contributed by atoms with van der Waals surface area (Å²) in [6, 6.07) is 10.2. The third-order valence-electron chi connectivity index (χ3n) is 2.42. The number of aryl methyl sites for hydroxylation is 1. The van der Waals surface area contributed by atoms with E-state index in [1.807, 2.05) is 24.3 Å². The largest absolute Gasteiger partial charge is 0.391 e.